The zero-order valence-corrected chi connectivity index (χ0v) is 15.6. The van der Waals surface area contributed by atoms with Gasteiger partial charge in [-0.3, -0.25) is 0 Å². The molecule has 0 atom stereocenters. The summed E-state index contributed by atoms with van der Waals surface area (Å²) >= 11 is 0. The summed E-state index contributed by atoms with van der Waals surface area (Å²) in [6.45, 7) is 1.87. The van der Waals surface area contributed by atoms with Gasteiger partial charge in [-0.25, -0.2) is 20.4 Å². The Kier molecular flexibility index (Phi) is 4.88. The standard InChI is InChI=1S/C22H18N2O5/c1-14-11-21(25)29-20-12-17(8-9-18(14)20)24(23)22(26)28-13-15-4-6-16(7-5-15)19-3-2-10-27-19/h2-12H,13,23H2,1H3. The van der Waals surface area contributed by atoms with Crippen LogP contribution in [0.1, 0.15) is 11.1 Å². The molecule has 0 radical (unpaired) electrons. The highest BCUT2D eigenvalue weighted by Gasteiger charge is 2.15. The monoisotopic (exact) mass is 390 g/mol. The van der Waals surface area contributed by atoms with Crippen molar-refractivity contribution in [1.29, 1.82) is 0 Å². The number of amides is 1. The molecule has 0 unspecified atom stereocenters. The van der Waals surface area contributed by atoms with Crippen LogP contribution in [0.4, 0.5) is 10.5 Å². The molecule has 0 aliphatic heterocycles. The lowest BCUT2D eigenvalue weighted by atomic mass is 10.1. The second-order valence-electron chi connectivity index (χ2n) is 6.53. The molecule has 2 aromatic heterocycles. The largest absolute Gasteiger partial charge is 0.464 e. The molecule has 1 amide bonds. The third kappa shape index (κ3) is 3.90. The fourth-order valence-electron chi connectivity index (χ4n) is 2.99. The number of hydrogen-bond donors (Lipinski definition) is 1. The van der Waals surface area contributed by atoms with E-state index in [9.17, 15) is 9.59 Å². The molecule has 29 heavy (non-hydrogen) atoms. The van der Waals surface area contributed by atoms with Gasteiger partial charge in [0.2, 0.25) is 0 Å². The van der Waals surface area contributed by atoms with E-state index in [0.29, 0.717) is 11.3 Å². The van der Waals surface area contributed by atoms with Crippen molar-refractivity contribution in [1.82, 2.24) is 0 Å². The quantitative estimate of drug-likeness (QED) is 0.240. The maximum absolute atomic E-state index is 12.3. The normalized spacial score (nSPS) is 10.8. The zero-order valence-electron chi connectivity index (χ0n) is 15.6. The van der Waals surface area contributed by atoms with Crippen LogP contribution in [-0.4, -0.2) is 6.09 Å². The molecule has 0 fully saturated rings. The summed E-state index contributed by atoms with van der Waals surface area (Å²) in [4.78, 5) is 23.9. The Balaban J connectivity index is 1.44. The molecule has 146 valence electrons. The zero-order chi connectivity index (χ0) is 20.4. The first kappa shape index (κ1) is 18.5. The SMILES string of the molecule is Cc1cc(=O)oc2cc(N(N)C(=O)OCc3ccc(-c4ccco4)cc3)ccc12. The average molecular weight is 390 g/mol. The minimum absolute atomic E-state index is 0.0622. The van der Waals surface area contributed by atoms with Gasteiger partial charge in [-0.05, 0) is 42.3 Å². The van der Waals surface area contributed by atoms with Gasteiger partial charge in [0.05, 0.1) is 12.0 Å². The molecule has 4 rings (SSSR count). The molecule has 0 spiro atoms. The lowest BCUT2D eigenvalue weighted by Crippen LogP contribution is -2.37. The molecule has 0 aliphatic carbocycles. The van der Waals surface area contributed by atoms with Gasteiger partial charge in [-0.2, -0.15) is 0 Å². The Hall–Kier alpha value is -3.84. The molecule has 0 bridgehead atoms. The number of ether oxygens (including phenoxy) is 1. The van der Waals surface area contributed by atoms with Crippen LogP contribution < -0.4 is 16.5 Å². The summed E-state index contributed by atoms with van der Waals surface area (Å²) in [7, 11) is 0. The van der Waals surface area contributed by atoms with Crippen LogP contribution in [0.25, 0.3) is 22.3 Å². The predicted molar refractivity (Wildman–Crippen MR) is 108 cm³/mol. The molecular weight excluding hydrogens is 372 g/mol. The van der Waals surface area contributed by atoms with Crippen LogP contribution in [0, 0.1) is 6.92 Å². The summed E-state index contributed by atoms with van der Waals surface area (Å²) in [5.41, 5.74) is 2.76. The minimum atomic E-state index is -0.727. The van der Waals surface area contributed by atoms with Crippen molar-refractivity contribution < 1.29 is 18.4 Å². The Bertz CT molecular complexity index is 1210. The highest BCUT2D eigenvalue weighted by atomic mass is 16.6. The molecule has 0 saturated heterocycles. The molecule has 4 aromatic rings. The first-order chi connectivity index (χ1) is 14.0. The predicted octanol–water partition coefficient (Wildman–Crippen LogP) is 4.38. The average Bonchev–Trinajstić information content (AvgIpc) is 3.26. The first-order valence-corrected chi connectivity index (χ1v) is 8.90. The Morgan fingerprint density at radius 1 is 1.10 bits per heavy atom. The number of aryl methyl sites for hydroxylation is 1. The minimum Gasteiger partial charge on any atom is -0.464 e. The number of furan rings is 1. The van der Waals surface area contributed by atoms with E-state index in [0.717, 1.165) is 32.8 Å². The fourth-order valence-corrected chi connectivity index (χ4v) is 2.99. The maximum atomic E-state index is 12.3. The van der Waals surface area contributed by atoms with Crippen molar-refractivity contribution in [3.8, 4) is 11.3 Å². The van der Waals surface area contributed by atoms with Crippen LogP contribution in [0.15, 0.2) is 80.6 Å². The number of hydrogen-bond acceptors (Lipinski definition) is 6. The molecule has 2 N–H and O–H groups in total. The molecular formula is C22H18N2O5. The number of fused-ring (bicyclic) bond motifs is 1. The van der Waals surface area contributed by atoms with Gasteiger partial charge in [-0.1, -0.05) is 24.3 Å². The Morgan fingerprint density at radius 3 is 2.62 bits per heavy atom. The van der Waals surface area contributed by atoms with Crippen molar-refractivity contribution in [2.45, 2.75) is 13.5 Å². The third-order valence-corrected chi connectivity index (χ3v) is 4.53. The van der Waals surface area contributed by atoms with Gasteiger partial charge in [0.1, 0.15) is 18.0 Å². The second-order valence-corrected chi connectivity index (χ2v) is 6.53. The molecule has 0 saturated carbocycles. The van der Waals surface area contributed by atoms with Crippen molar-refractivity contribution in [3.05, 3.63) is 88.5 Å². The smallest absolute Gasteiger partial charge is 0.429 e. The number of carbonyl (C=O) groups excluding carboxylic acids is 1. The van der Waals surface area contributed by atoms with E-state index in [4.69, 9.17) is 19.4 Å². The summed E-state index contributed by atoms with van der Waals surface area (Å²) in [5, 5.41) is 1.64. The summed E-state index contributed by atoms with van der Waals surface area (Å²) < 4.78 is 15.8. The fraction of sp³-hybridized carbons (Fsp3) is 0.0909. The number of carbonyl (C=O) groups is 1. The summed E-state index contributed by atoms with van der Waals surface area (Å²) in [6, 6.07) is 17.5. The van der Waals surface area contributed by atoms with Crippen molar-refractivity contribution in [3.63, 3.8) is 0 Å². The van der Waals surface area contributed by atoms with Crippen LogP contribution in [0.2, 0.25) is 0 Å². The Morgan fingerprint density at radius 2 is 1.90 bits per heavy atom. The van der Waals surface area contributed by atoms with Crippen LogP contribution >= 0.6 is 0 Å². The van der Waals surface area contributed by atoms with E-state index < -0.39 is 11.7 Å². The van der Waals surface area contributed by atoms with Crippen LogP contribution in [0.3, 0.4) is 0 Å². The third-order valence-electron chi connectivity index (χ3n) is 4.53. The number of anilines is 1. The van der Waals surface area contributed by atoms with Crippen molar-refractivity contribution in [2.24, 2.45) is 5.84 Å². The molecule has 2 heterocycles. The second kappa shape index (κ2) is 7.65. The van der Waals surface area contributed by atoms with Gasteiger partial charge >= 0.3 is 11.7 Å². The highest BCUT2D eigenvalue weighted by Crippen LogP contribution is 2.23. The van der Waals surface area contributed by atoms with Crippen LogP contribution in [-0.2, 0) is 11.3 Å². The molecule has 7 heteroatoms. The van der Waals surface area contributed by atoms with Crippen LogP contribution in [0.5, 0.6) is 0 Å². The molecule has 0 aliphatic rings. The van der Waals surface area contributed by atoms with E-state index >= 15 is 0 Å². The highest BCUT2D eigenvalue weighted by molar-refractivity contribution is 5.90. The van der Waals surface area contributed by atoms with Gasteiger partial charge in [0.15, 0.2) is 0 Å². The summed E-state index contributed by atoms with van der Waals surface area (Å²) in [6.07, 6.45) is 0.884. The van der Waals surface area contributed by atoms with Crippen molar-refractivity contribution in [2.75, 3.05) is 5.01 Å². The molecule has 2 aromatic carbocycles. The maximum Gasteiger partial charge on any atom is 0.429 e. The van der Waals surface area contributed by atoms with Gasteiger partial charge in [0.25, 0.3) is 0 Å². The van der Waals surface area contributed by atoms with E-state index in [1.165, 1.54) is 12.1 Å². The number of benzene rings is 2. The number of nitrogens with zero attached hydrogens (tertiary/aromatic N) is 1. The van der Waals surface area contributed by atoms with Gasteiger partial charge in [0, 0.05) is 23.1 Å². The molecule has 7 nitrogen and oxygen atoms in total. The first-order valence-electron chi connectivity index (χ1n) is 8.90. The number of rotatable bonds is 4. The van der Waals surface area contributed by atoms with E-state index in [1.807, 2.05) is 43.3 Å². The van der Waals surface area contributed by atoms with Gasteiger partial charge < -0.3 is 13.6 Å². The van der Waals surface area contributed by atoms with E-state index in [1.54, 1.807) is 18.4 Å². The number of nitrogens with two attached hydrogens (primary N) is 1. The lowest BCUT2D eigenvalue weighted by Gasteiger charge is -2.17. The summed E-state index contributed by atoms with van der Waals surface area (Å²) in [5.74, 6) is 6.65. The topological polar surface area (TPSA) is 98.9 Å². The number of hydrazine groups is 1. The van der Waals surface area contributed by atoms with E-state index in [2.05, 4.69) is 0 Å². The lowest BCUT2D eigenvalue weighted by molar-refractivity contribution is 0.147. The van der Waals surface area contributed by atoms with Crippen molar-refractivity contribution >= 4 is 22.7 Å². The van der Waals surface area contributed by atoms with Gasteiger partial charge in [-0.15, -0.1) is 0 Å². The van der Waals surface area contributed by atoms with E-state index in [-0.39, 0.29) is 6.61 Å². The Labute approximate surface area is 165 Å².